The van der Waals surface area contributed by atoms with Crippen molar-refractivity contribution in [3.8, 4) is 11.1 Å². The minimum Gasteiger partial charge on any atom is -0.475 e. The van der Waals surface area contributed by atoms with Crippen LogP contribution in [-0.2, 0) is 25.9 Å². The van der Waals surface area contributed by atoms with Crippen LogP contribution in [0.25, 0.3) is 11.1 Å². The highest BCUT2D eigenvalue weighted by atomic mass is 19.4. The van der Waals surface area contributed by atoms with Gasteiger partial charge in [0.25, 0.3) is 0 Å². The summed E-state index contributed by atoms with van der Waals surface area (Å²) in [5.74, 6) is -3.43. The summed E-state index contributed by atoms with van der Waals surface area (Å²) in [7, 11) is 0. The summed E-state index contributed by atoms with van der Waals surface area (Å²) < 4.78 is 88.1. The van der Waals surface area contributed by atoms with E-state index in [9.17, 15) is 35.5 Å². The summed E-state index contributed by atoms with van der Waals surface area (Å²) in [4.78, 5) is 25.3. The Labute approximate surface area is 204 Å². The molecule has 1 amide bonds. The topological polar surface area (TPSA) is 88.5 Å². The maximum atomic E-state index is 13.1. The number of nitrogens with one attached hydrogen (secondary N) is 1. The smallest absolute Gasteiger partial charge is 0.475 e. The van der Waals surface area contributed by atoms with Gasteiger partial charge in [0.05, 0.1) is 13.2 Å². The Morgan fingerprint density at radius 2 is 1.41 bits per heavy atom. The molecule has 6 nitrogen and oxygen atoms in total. The molecule has 1 aliphatic rings. The molecule has 2 heterocycles. The third kappa shape index (κ3) is 6.61. The third-order valence-corrected chi connectivity index (χ3v) is 5.30. The van der Waals surface area contributed by atoms with Gasteiger partial charge in [0.15, 0.2) is 0 Å². The SMILES string of the molecule is O=C(Nc1ccc(F)cc1)C1(c2ccc(-c3ccc(C(F)(F)F)nc3)cc2)COC1.O=C(O)C(F)(F)F. The minimum atomic E-state index is -5.08. The fraction of sp³-hybridized carbons (Fsp3) is 0.208. The van der Waals surface area contributed by atoms with Gasteiger partial charge in [-0.2, -0.15) is 26.3 Å². The van der Waals surface area contributed by atoms with Crippen LogP contribution in [0.15, 0.2) is 66.9 Å². The molecule has 37 heavy (non-hydrogen) atoms. The molecule has 0 radical (unpaired) electrons. The number of hydrogen-bond donors (Lipinski definition) is 2. The molecule has 196 valence electrons. The van der Waals surface area contributed by atoms with E-state index >= 15 is 0 Å². The zero-order valence-corrected chi connectivity index (χ0v) is 18.5. The quantitative estimate of drug-likeness (QED) is 0.439. The number of benzene rings is 2. The van der Waals surface area contributed by atoms with Gasteiger partial charge in [0.2, 0.25) is 5.91 Å². The lowest BCUT2D eigenvalue weighted by Gasteiger charge is -2.40. The van der Waals surface area contributed by atoms with Crippen molar-refractivity contribution in [3.63, 3.8) is 0 Å². The molecule has 2 N–H and O–H groups in total. The van der Waals surface area contributed by atoms with Crippen LogP contribution in [-0.4, -0.2) is 41.4 Å². The Morgan fingerprint density at radius 3 is 1.81 bits per heavy atom. The van der Waals surface area contributed by atoms with E-state index in [1.807, 2.05) is 0 Å². The van der Waals surface area contributed by atoms with Crippen LogP contribution in [0.5, 0.6) is 0 Å². The fourth-order valence-corrected chi connectivity index (χ4v) is 3.23. The molecule has 4 rings (SSSR count). The average Bonchev–Trinajstić information content (AvgIpc) is 2.80. The number of carbonyl (C=O) groups is 2. The first-order chi connectivity index (χ1) is 17.2. The van der Waals surface area contributed by atoms with E-state index in [0.717, 1.165) is 11.6 Å². The molecular weight excluding hydrogens is 513 g/mol. The van der Waals surface area contributed by atoms with Crippen molar-refractivity contribution in [2.45, 2.75) is 17.8 Å². The number of carboxylic acids is 1. The van der Waals surface area contributed by atoms with E-state index in [-0.39, 0.29) is 19.1 Å². The second-order valence-electron chi connectivity index (χ2n) is 7.85. The molecule has 0 bridgehead atoms. The lowest BCUT2D eigenvalue weighted by molar-refractivity contribution is -0.192. The number of amides is 1. The molecule has 2 aromatic carbocycles. The van der Waals surface area contributed by atoms with Gasteiger partial charge in [0.1, 0.15) is 16.9 Å². The molecule has 0 atom stereocenters. The molecule has 1 aliphatic heterocycles. The maximum Gasteiger partial charge on any atom is 0.490 e. The lowest BCUT2D eigenvalue weighted by atomic mass is 9.77. The highest BCUT2D eigenvalue weighted by Gasteiger charge is 2.47. The highest BCUT2D eigenvalue weighted by molar-refractivity contribution is 6.00. The molecule has 13 heteroatoms. The number of ether oxygens (including phenoxy) is 1. The summed E-state index contributed by atoms with van der Waals surface area (Å²) in [5.41, 5.74) is 0.562. The Balaban J connectivity index is 0.000000479. The van der Waals surface area contributed by atoms with Gasteiger partial charge in [0, 0.05) is 17.4 Å². The number of hydrogen-bond acceptors (Lipinski definition) is 4. The second-order valence-corrected chi connectivity index (χ2v) is 7.85. The van der Waals surface area contributed by atoms with Crippen molar-refractivity contribution in [1.82, 2.24) is 4.98 Å². The van der Waals surface area contributed by atoms with Crippen molar-refractivity contribution >= 4 is 17.6 Å². The van der Waals surface area contributed by atoms with Crippen molar-refractivity contribution in [1.29, 1.82) is 0 Å². The summed E-state index contributed by atoms with van der Waals surface area (Å²) in [6.07, 6.45) is -8.40. The van der Waals surface area contributed by atoms with Gasteiger partial charge in [-0.3, -0.25) is 9.78 Å². The number of anilines is 1. The first-order valence-corrected chi connectivity index (χ1v) is 10.3. The van der Waals surface area contributed by atoms with Crippen molar-refractivity contribution in [2.75, 3.05) is 18.5 Å². The number of nitrogens with zero attached hydrogens (tertiary/aromatic N) is 1. The maximum absolute atomic E-state index is 13.1. The zero-order chi connectivity index (χ0) is 27.4. The fourth-order valence-electron chi connectivity index (χ4n) is 3.23. The van der Waals surface area contributed by atoms with Gasteiger partial charge in [-0.05, 0) is 41.5 Å². The first-order valence-electron chi connectivity index (χ1n) is 10.3. The molecule has 3 aromatic rings. The molecule has 0 aliphatic carbocycles. The van der Waals surface area contributed by atoms with Crippen LogP contribution in [0, 0.1) is 5.82 Å². The minimum absolute atomic E-state index is 0.196. The molecule has 1 fully saturated rings. The predicted octanol–water partition coefficient (Wildman–Crippen LogP) is 5.45. The number of pyridine rings is 1. The van der Waals surface area contributed by atoms with E-state index in [1.165, 1.54) is 36.5 Å². The Kier molecular flexibility index (Phi) is 7.86. The van der Waals surface area contributed by atoms with Crippen molar-refractivity contribution in [3.05, 3.63) is 83.9 Å². The van der Waals surface area contributed by atoms with Crippen LogP contribution in [0.2, 0.25) is 0 Å². The van der Waals surface area contributed by atoms with Crippen LogP contribution >= 0.6 is 0 Å². The van der Waals surface area contributed by atoms with Gasteiger partial charge in [-0.25, -0.2) is 9.18 Å². The summed E-state index contributed by atoms with van der Waals surface area (Å²) in [5, 5.41) is 9.90. The van der Waals surface area contributed by atoms with Gasteiger partial charge in [-0.15, -0.1) is 0 Å². The molecule has 1 saturated heterocycles. The number of halogens is 7. The third-order valence-electron chi connectivity index (χ3n) is 5.30. The number of carbonyl (C=O) groups excluding carboxylic acids is 1. The van der Waals surface area contributed by atoms with Crippen LogP contribution < -0.4 is 5.32 Å². The molecular formula is C24H17F7N2O4. The summed E-state index contributed by atoms with van der Waals surface area (Å²) in [6.45, 7) is 0.391. The zero-order valence-electron chi connectivity index (χ0n) is 18.5. The standard InChI is InChI=1S/C22H16F4N2O2.C2HF3O2/c23-17-6-8-18(9-7-17)28-20(29)21(12-30-13-21)16-4-1-14(2-5-16)15-3-10-19(27-11-15)22(24,25)26;3-2(4,5)1(6)7/h1-11H,12-13H2,(H,28,29);(H,6,7). The first kappa shape index (κ1) is 27.6. The van der Waals surface area contributed by atoms with E-state index < -0.39 is 35.2 Å². The monoisotopic (exact) mass is 530 g/mol. The second kappa shape index (κ2) is 10.5. The van der Waals surface area contributed by atoms with Gasteiger partial charge in [-0.1, -0.05) is 30.3 Å². The Hall–Kier alpha value is -4.00. The molecule has 0 saturated carbocycles. The number of carboxylic acid groups (broad SMARTS) is 1. The predicted molar refractivity (Wildman–Crippen MR) is 116 cm³/mol. The summed E-state index contributed by atoms with van der Waals surface area (Å²) in [6, 6.07) is 14.7. The van der Waals surface area contributed by atoms with Crippen molar-refractivity contribution < 1.29 is 50.2 Å². The Morgan fingerprint density at radius 1 is 0.865 bits per heavy atom. The van der Waals surface area contributed by atoms with E-state index in [4.69, 9.17) is 14.6 Å². The summed E-state index contributed by atoms with van der Waals surface area (Å²) >= 11 is 0. The largest absolute Gasteiger partial charge is 0.490 e. The van der Waals surface area contributed by atoms with Crippen LogP contribution in [0.4, 0.5) is 36.4 Å². The molecule has 1 aromatic heterocycles. The lowest BCUT2D eigenvalue weighted by Crippen LogP contribution is -2.55. The molecule has 0 unspecified atom stereocenters. The number of aliphatic carboxylic acids is 1. The van der Waals surface area contributed by atoms with E-state index in [1.54, 1.807) is 24.3 Å². The van der Waals surface area contributed by atoms with E-state index in [2.05, 4.69) is 10.3 Å². The molecule has 0 spiro atoms. The van der Waals surface area contributed by atoms with Gasteiger partial charge >= 0.3 is 18.3 Å². The van der Waals surface area contributed by atoms with Crippen molar-refractivity contribution in [2.24, 2.45) is 0 Å². The average molecular weight is 530 g/mol. The van der Waals surface area contributed by atoms with Gasteiger partial charge < -0.3 is 15.2 Å². The normalized spacial score (nSPS) is 14.6. The van der Waals surface area contributed by atoms with Crippen LogP contribution in [0.1, 0.15) is 11.3 Å². The van der Waals surface area contributed by atoms with E-state index in [0.29, 0.717) is 16.8 Å². The number of rotatable bonds is 4. The van der Waals surface area contributed by atoms with Crippen LogP contribution in [0.3, 0.4) is 0 Å². The Bertz CT molecular complexity index is 1240. The number of alkyl halides is 6. The highest BCUT2D eigenvalue weighted by Crippen LogP contribution is 2.35. The number of aromatic nitrogens is 1.